The quantitative estimate of drug-likeness (QED) is 0.778. The molecule has 0 saturated carbocycles. The number of hydrogen-bond donors (Lipinski definition) is 1. The first kappa shape index (κ1) is 11.7. The van der Waals surface area contributed by atoms with Crippen molar-refractivity contribution in [2.75, 3.05) is 0 Å². The van der Waals surface area contributed by atoms with E-state index in [1.807, 2.05) is 24.3 Å². The highest BCUT2D eigenvalue weighted by Crippen LogP contribution is 2.25. The van der Waals surface area contributed by atoms with Gasteiger partial charge in [0.25, 0.3) is 0 Å². The van der Waals surface area contributed by atoms with Crippen molar-refractivity contribution in [2.45, 2.75) is 0 Å². The van der Waals surface area contributed by atoms with Crippen LogP contribution in [0.1, 0.15) is 10.4 Å². The van der Waals surface area contributed by atoms with Gasteiger partial charge in [0, 0.05) is 0 Å². The summed E-state index contributed by atoms with van der Waals surface area (Å²) in [4.78, 5) is 15.3. The molecule has 19 heavy (non-hydrogen) atoms. The molecule has 5 heteroatoms. The second kappa shape index (κ2) is 4.40. The maximum Gasteiger partial charge on any atom is 0.337 e. The van der Waals surface area contributed by atoms with Crippen LogP contribution >= 0.6 is 11.6 Å². The van der Waals surface area contributed by atoms with Gasteiger partial charge in [-0.15, -0.1) is 0 Å². The first-order valence-electron chi connectivity index (χ1n) is 5.63. The fourth-order valence-electron chi connectivity index (χ4n) is 2.05. The summed E-state index contributed by atoms with van der Waals surface area (Å²) in [5.74, 6) is -0.991. The molecule has 0 atom stereocenters. The van der Waals surface area contributed by atoms with Crippen molar-refractivity contribution in [3.8, 4) is 5.69 Å². The summed E-state index contributed by atoms with van der Waals surface area (Å²) in [5, 5.41) is 9.73. The van der Waals surface area contributed by atoms with E-state index in [1.165, 1.54) is 6.07 Å². The number of hydrogen-bond acceptors (Lipinski definition) is 2. The maximum atomic E-state index is 11.2. The van der Waals surface area contributed by atoms with Crippen LogP contribution in [0.5, 0.6) is 0 Å². The van der Waals surface area contributed by atoms with E-state index in [2.05, 4.69) is 4.98 Å². The maximum absolute atomic E-state index is 11.2. The number of benzene rings is 2. The van der Waals surface area contributed by atoms with E-state index in [1.54, 1.807) is 23.0 Å². The minimum Gasteiger partial charge on any atom is -0.478 e. The van der Waals surface area contributed by atoms with E-state index in [0.29, 0.717) is 16.1 Å². The number of imidazole rings is 1. The lowest BCUT2D eigenvalue weighted by atomic mass is 10.2. The topological polar surface area (TPSA) is 55.1 Å². The van der Waals surface area contributed by atoms with Crippen molar-refractivity contribution >= 4 is 28.6 Å². The highest BCUT2D eigenvalue weighted by atomic mass is 35.5. The summed E-state index contributed by atoms with van der Waals surface area (Å²) in [6.07, 6.45) is 1.58. The fraction of sp³-hybridized carbons (Fsp3) is 0. The molecule has 0 aliphatic heterocycles. The summed E-state index contributed by atoms with van der Waals surface area (Å²) < 4.78 is 1.78. The zero-order chi connectivity index (χ0) is 13.4. The molecule has 2 aromatic carbocycles. The molecular formula is C14H9ClN2O2. The number of nitrogens with zero attached hydrogens (tertiary/aromatic N) is 2. The Kier molecular flexibility index (Phi) is 2.72. The van der Waals surface area contributed by atoms with Gasteiger partial charge in [0.2, 0.25) is 0 Å². The molecule has 4 nitrogen and oxygen atoms in total. The van der Waals surface area contributed by atoms with E-state index in [9.17, 15) is 4.79 Å². The van der Waals surface area contributed by atoms with Gasteiger partial charge >= 0.3 is 5.97 Å². The molecule has 0 radical (unpaired) electrons. The zero-order valence-electron chi connectivity index (χ0n) is 9.75. The Hall–Kier alpha value is -2.33. The predicted molar refractivity (Wildman–Crippen MR) is 73.0 cm³/mol. The van der Waals surface area contributed by atoms with Crippen LogP contribution in [0.2, 0.25) is 5.02 Å². The van der Waals surface area contributed by atoms with Crippen molar-refractivity contribution in [3.05, 3.63) is 59.4 Å². The SMILES string of the molecule is O=C(O)c1cccc2c1ncn2-c1ccccc1Cl. The molecule has 94 valence electrons. The van der Waals surface area contributed by atoms with Gasteiger partial charge in [-0.2, -0.15) is 0 Å². The average Bonchev–Trinajstić information content (AvgIpc) is 2.82. The van der Waals surface area contributed by atoms with Crippen molar-refractivity contribution in [1.29, 1.82) is 0 Å². The van der Waals surface area contributed by atoms with Crippen molar-refractivity contribution < 1.29 is 9.90 Å². The first-order chi connectivity index (χ1) is 9.18. The summed E-state index contributed by atoms with van der Waals surface area (Å²) >= 11 is 6.15. The number of carboxylic acids is 1. The number of carboxylic acid groups (broad SMARTS) is 1. The molecule has 1 heterocycles. The molecule has 3 aromatic rings. The van der Waals surface area contributed by atoms with Crippen LogP contribution in [-0.4, -0.2) is 20.6 Å². The molecule has 0 amide bonds. The Labute approximate surface area is 113 Å². The molecule has 3 rings (SSSR count). The van der Waals surface area contributed by atoms with Gasteiger partial charge < -0.3 is 5.11 Å². The van der Waals surface area contributed by atoms with Gasteiger partial charge in [-0.1, -0.05) is 29.8 Å². The van der Waals surface area contributed by atoms with Gasteiger partial charge in [-0.05, 0) is 24.3 Å². The van der Waals surface area contributed by atoms with Crippen LogP contribution in [0.4, 0.5) is 0 Å². The minimum absolute atomic E-state index is 0.184. The van der Waals surface area contributed by atoms with E-state index < -0.39 is 5.97 Å². The third-order valence-corrected chi connectivity index (χ3v) is 3.24. The van der Waals surface area contributed by atoms with Crippen molar-refractivity contribution in [3.63, 3.8) is 0 Å². The van der Waals surface area contributed by atoms with Gasteiger partial charge in [0.1, 0.15) is 11.8 Å². The Morgan fingerprint density at radius 2 is 1.95 bits per heavy atom. The zero-order valence-corrected chi connectivity index (χ0v) is 10.5. The highest BCUT2D eigenvalue weighted by Gasteiger charge is 2.13. The van der Waals surface area contributed by atoms with Crippen LogP contribution < -0.4 is 0 Å². The van der Waals surface area contributed by atoms with Crippen LogP contribution in [0.25, 0.3) is 16.7 Å². The van der Waals surface area contributed by atoms with Crippen molar-refractivity contribution in [1.82, 2.24) is 9.55 Å². The Balaban J connectivity index is 2.31. The van der Waals surface area contributed by atoms with Gasteiger partial charge in [-0.25, -0.2) is 9.78 Å². The Bertz CT molecular complexity index is 780. The first-order valence-corrected chi connectivity index (χ1v) is 6.00. The third-order valence-electron chi connectivity index (χ3n) is 2.92. The van der Waals surface area contributed by atoms with E-state index >= 15 is 0 Å². The van der Waals surface area contributed by atoms with E-state index in [-0.39, 0.29) is 5.56 Å². The van der Waals surface area contributed by atoms with Crippen LogP contribution in [0, 0.1) is 0 Å². The van der Waals surface area contributed by atoms with Gasteiger partial charge in [-0.3, -0.25) is 4.57 Å². The molecule has 0 spiro atoms. The smallest absolute Gasteiger partial charge is 0.337 e. The van der Waals surface area contributed by atoms with Gasteiger partial charge in [0.15, 0.2) is 0 Å². The number of aromatic carboxylic acids is 1. The molecule has 0 saturated heterocycles. The second-order valence-corrected chi connectivity index (χ2v) is 4.45. The molecule has 0 aliphatic rings. The van der Waals surface area contributed by atoms with Crippen LogP contribution in [0.15, 0.2) is 48.8 Å². The number of halogens is 1. The molecule has 0 unspecified atom stereocenters. The standard InChI is InChI=1S/C14H9ClN2O2/c15-10-5-1-2-6-11(10)17-8-16-13-9(14(18)19)4-3-7-12(13)17/h1-8H,(H,18,19). The Morgan fingerprint density at radius 3 is 2.68 bits per heavy atom. The summed E-state index contributed by atoms with van der Waals surface area (Å²) in [7, 11) is 0. The monoisotopic (exact) mass is 272 g/mol. The highest BCUT2D eigenvalue weighted by molar-refractivity contribution is 6.32. The van der Waals surface area contributed by atoms with E-state index in [4.69, 9.17) is 16.7 Å². The molecular weight excluding hydrogens is 264 g/mol. The number of fused-ring (bicyclic) bond motifs is 1. The summed E-state index contributed by atoms with van der Waals surface area (Å²) in [5.41, 5.74) is 2.13. The molecule has 0 bridgehead atoms. The fourth-order valence-corrected chi connectivity index (χ4v) is 2.28. The normalized spacial score (nSPS) is 10.8. The van der Waals surface area contributed by atoms with Crippen molar-refractivity contribution in [2.24, 2.45) is 0 Å². The number of carbonyl (C=O) groups is 1. The predicted octanol–water partition coefficient (Wildman–Crippen LogP) is 3.38. The van der Waals surface area contributed by atoms with E-state index in [0.717, 1.165) is 5.69 Å². The minimum atomic E-state index is -0.991. The number of para-hydroxylation sites is 2. The molecule has 0 aliphatic carbocycles. The molecule has 0 fully saturated rings. The van der Waals surface area contributed by atoms with Gasteiger partial charge in [0.05, 0.1) is 21.8 Å². The molecule has 1 aromatic heterocycles. The lowest BCUT2D eigenvalue weighted by Gasteiger charge is -2.06. The van der Waals surface area contributed by atoms with Crippen LogP contribution in [-0.2, 0) is 0 Å². The lowest BCUT2D eigenvalue weighted by molar-refractivity contribution is 0.0699. The van der Waals surface area contributed by atoms with Crippen LogP contribution in [0.3, 0.4) is 0 Å². The number of rotatable bonds is 2. The number of aromatic nitrogens is 2. The lowest BCUT2D eigenvalue weighted by Crippen LogP contribution is -1.98. The molecule has 1 N–H and O–H groups in total. The Morgan fingerprint density at radius 1 is 1.16 bits per heavy atom. The average molecular weight is 273 g/mol. The summed E-state index contributed by atoms with van der Waals surface area (Å²) in [6.45, 7) is 0. The summed E-state index contributed by atoms with van der Waals surface area (Å²) in [6, 6.07) is 12.4. The second-order valence-electron chi connectivity index (χ2n) is 4.04. The largest absolute Gasteiger partial charge is 0.478 e. The third kappa shape index (κ3) is 1.86.